The predicted octanol–water partition coefficient (Wildman–Crippen LogP) is 3.45. The highest BCUT2D eigenvalue weighted by Crippen LogP contribution is 2.34. The van der Waals surface area contributed by atoms with Crippen molar-refractivity contribution in [1.29, 1.82) is 0 Å². The van der Waals surface area contributed by atoms with Gasteiger partial charge in [-0.05, 0) is 43.2 Å². The van der Waals surface area contributed by atoms with Crippen LogP contribution in [0.15, 0.2) is 59.3 Å². The molecule has 4 rings (SSSR count). The minimum atomic E-state index is -0.444. The number of benzene rings is 2. The van der Waals surface area contributed by atoms with Gasteiger partial charge in [0.15, 0.2) is 0 Å². The summed E-state index contributed by atoms with van der Waals surface area (Å²) in [6.45, 7) is 6.68. The number of carbonyl (C=O) groups is 2. The molecule has 0 saturated carbocycles. The van der Waals surface area contributed by atoms with E-state index in [1.807, 2.05) is 49.1 Å². The molecule has 2 amide bonds. The van der Waals surface area contributed by atoms with Crippen LogP contribution in [-0.4, -0.2) is 42.9 Å². The number of amides is 2. The van der Waals surface area contributed by atoms with Crippen LogP contribution in [0.2, 0.25) is 0 Å². The number of halogens is 1. The van der Waals surface area contributed by atoms with E-state index in [4.69, 9.17) is 11.6 Å². The summed E-state index contributed by atoms with van der Waals surface area (Å²) in [5, 5.41) is 0.0130. The van der Waals surface area contributed by atoms with Gasteiger partial charge in [-0.3, -0.25) is 9.59 Å². The van der Waals surface area contributed by atoms with Crippen LogP contribution in [0.1, 0.15) is 11.1 Å². The van der Waals surface area contributed by atoms with E-state index in [0.29, 0.717) is 24.5 Å². The number of piperazine rings is 1. The molecule has 6 heteroatoms. The Kier molecular flexibility index (Phi) is 4.85. The lowest BCUT2D eigenvalue weighted by molar-refractivity contribution is -0.121. The number of aryl methyl sites for hydroxylation is 1. The van der Waals surface area contributed by atoms with Gasteiger partial charge in [0.1, 0.15) is 10.7 Å². The molecule has 0 bridgehead atoms. The molecule has 0 aromatic heterocycles. The Morgan fingerprint density at radius 2 is 1.43 bits per heavy atom. The van der Waals surface area contributed by atoms with Gasteiger partial charge in [-0.25, -0.2) is 4.90 Å². The molecule has 5 nitrogen and oxygen atoms in total. The number of rotatable bonds is 3. The van der Waals surface area contributed by atoms with E-state index in [9.17, 15) is 9.59 Å². The highest BCUT2D eigenvalue weighted by Gasteiger charge is 2.42. The van der Waals surface area contributed by atoms with Crippen molar-refractivity contribution in [1.82, 2.24) is 4.90 Å². The Morgan fingerprint density at radius 3 is 2.11 bits per heavy atom. The van der Waals surface area contributed by atoms with Crippen LogP contribution in [0.4, 0.5) is 11.4 Å². The summed E-state index contributed by atoms with van der Waals surface area (Å²) in [6.07, 6.45) is 0. The van der Waals surface area contributed by atoms with E-state index in [2.05, 4.69) is 17.0 Å². The third-order valence-corrected chi connectivity index (χ3v) is 5.88. The largest absolute Gasteiger partial charge is 0.368 e. The van der Waals surface area contributed by atoms with Gasteiger partial charge in [-0.1, -0.05) is 41.9 Å². The highest BCUT2D eigenvalue weighted by atomic mass is 35.5. The normalized spacial score (nSPS) is 17.8. The summed E-state index contributed by atoms with van der Waals surface area (Å²) in [6, 6.07) is 15.8. The molecule has 0 radical (unpaired) electrons. The van der Waals surface area contributed by atoms with Gasteiger partial charge in [0.25, 0.3) is 11.8 Å². The maximum Gasteiger partial charge on any atom is 0.283 e. The molecule has 2 aliphatic rings. The lowest BCUT2D eigenvalue weighted by Gasteiger charge is -2.37. The molecular formula is C22H22ClN3O2. The van der Waals surface area contributed by atoms with Gasteiger partial charge in [0.05, 0.1) is 5.69 Å². The first-order valence-corrected chi connectivity index (χ1v) is 9.76. The molecule has 2 heterocycles. The molecule has 1 saturated heterocycles. The fourth-order valence-electron chi connectivity index (χ4n) is 3.79. The fourth-order valence-corrected chi connectivity index (χ4v) is 4.07. The molecule has 0 unspecified atom stereocenters. The van der Waals surface area contributed by atoms with E-state index >= 15 is 0 Å². The zero-order valence-electron chi connectivity index (χ0n) is 16.0. The van der Waals surface area contributed by atoms with E-state index in [0.717, 1.165) is 29.9 Å². The fraction of sp³-hybridized carbons (Fsp3) is 0.273. The quantitative estimate of drug-likeness (QED) is 0.747. The van der Waals surface area contributed by atoms with Crippen molar-refractivity contribution in [3.63, 3.8) is 0 Å². The predicted molar refractivity (Wildman–Crippen MR) is 112 cm³/mol. The van der Waals surface area contributed by atoms with Crippen LogP contribution in [0.5, 0.6) is 0 Å². The van der Waals surface area contributed by atoms with Crippen molar-refractivity contribution < 1.29 is 9.59 Å². The first-order chi connectivity index (χ1) is 13.5. The Labute approximate surface area is 169 Å². The van der Waals surface area contributed by atoms with Gasteiger partial charge in [-0.15, -0.1) is 0 Å². The van der Waals surface area contributed by atoms with Crippen LogP contribution in [0.3, 0.4) is 0 Å². The molecule has 2 aromatic rings. The second kappa shape index (κ2) is 7.32. The molecular weight excluding hydrogens is 374 g/mol. The number of para-hydroxylation sites is 1. The first kappa shape index (κ1) is 18.6. The smallest absolute Gasteiger partial charge is 0.283 e. The Hall–Kier alpha value is -2.79. The van der Waals surface area contributed by atoms with Gasteiger partial charge in [0.2, 0.25) is 0 Å². The molecule has 0 N–H and O–H groups in total. The van der Waals surface area contributed by atoms with Gasteiger partial charge in [0, 0.05) is 31.9 Å². The lowest BCUT2D eigenvalue weighted by Crippen LogP contribution is -2.47. The maximum absolute atomic E-state index is 13.1. The summed E-state index contributed by atoms with van der Waals surface area (Å²) in [5.74, 6) is -0.780. The number of carbonyl (C=O) groups excluding carboxylic acids is 2. The maximum atomic E-state index is 13.1. The zero-order valence-corrected chi connectivity index (χ0v) is 16.7. The minimum absolute atomic E-state index is 0.0130. The molecule has 28 heavy (non-hydrogen) atoms. The SMILES string of the molecule is Cc1cccc(N2C(=O)C(Cl)=C(N3CCN(c4ccccc4)CC3)C2=O)c1C. The van der Waals surface area contributed by atoms with Crippen LogP contribution in [0.25, 0.3) is 0 Å². The summed E-state index contributed by atoms with van der Waals surface area (Å²) in [5.41, 5.74) is 4.02. The Bertz CT molecular complexity index is 963. The average molecular weight is 396 g/mol. The van der Waals surface area contributed by atoms with Crippen molar-refractivity contribution in [3.05, 3.63) is 70.4 Å². The lowest BCUT2D eigenvalue weighted by atomic mass is 10.1. The van der Waals surface area contributed by atoms with Gasteiger partial charge >= 0.3 is 0 Å². The van der Waals surface area contributed by atoms with Gasteiger partial charge in [-0.2, -0.15) is 0 Å². The second-order valence-electron chi connectivity index (χ2n) is 7.14. The van der Waals surface area contributed by atoms with Crippen LogP contribution >= 0.6 is 11.6 Å². The van der Waals surface area contributed by atoms with Crippen molar-refractivity contribution in [2.24, 2.45) is 0 Å². The molecule has 0 aliphatic carbocycles. The molecule has 1 fully saturated rings. The third kappa shape index (κ3) is 3.06. The van der Waals surface area contributed by atoms with Crippen LogP contribution in [0, 0.1) is 13.8 Å². The van der Waals surface area contributed by atoms with E-state index in [-0.39, 0.29) is 10.9 Å². The second-order valence-corrected chi connectivity index (χ2v) is 7.51. The number of nitrogens with zero attached hydrogens (tertiary/aromatic N) is 3. The topological polar surface area (TPSA) is 43.9 Å². The van der Waals surface area contributed by atoms with Crippen molar-refractivity contribution in [3.8, 4) is 0 Å². The Morgan fingerprint density at radius 1 is 0.786 bits per heavy atom. The third-order valence-electron chi connectivity index (χ3n) is 5.54. The summed E-state index contributed by atoms with van der Waals surface area (Å²) < 4.78 is 0. The van der Waals surface area contributed by atoms with Gasteiger partial charge < -0.3 is 9.80 Å². The summed E-state index contributed by atoms with van der Waals surface area (Å²) in [7, 11) is 0. The molecule has 2 aliphatic heterocycles. The first-order valence-electron chi connectivity index (χ1n) is 9.38. The number of anilines is 2. The van der Waals surface area contributed by atoms with Crippen LogP contribution < -0.4 is 9.80 Å². The number of hydrogen-bond acceptors (Lipinski definition) is 4. The van der Waals surface area contributed by atoms with Crippen LogP contribution in [-0.2, 0) is 9.59 Å². The van der Waals surface area contributed by atoms with Crippen molar-refractivity contribution in [2.75, 3.05) is 36.0 Å². The monoisotopic (exact) mass is 395 g/mol. The highest BCUT2D eigenvalue weighted by molar-refractivity contribution is 6.52. The Balaban J connectivity index is 1.55. The van der Waals surface area contributed by atoms with E-state index < -0.39 is 5.91 Å². The van der Waals surface area contributed by atoms with Crippen molar-refractivity contribution >= 4 is 34.8 Å². The standard InChI is InChI=1S/C22H22ClN3O2/c1-15-7-6-10-18(16(15)2)26-21(27)19(23)20(22(26)28)25-13-11-24(12-14-25)17-8-4-3-5-9-17/h3-10H,11-14H2,1-2H3. The molecule has 0 atom stereocenters. The molecule has 0 spiro atoms. The summed E-state index contributed by atoms with van der Waals surface area (Å²) >= 11 is 6.36. The summed E-state index contributed by atoms with van der Waals surface area (Å²) in [4.78, 5) is 31.4. The minimum Gasteiger partial charge on any atom is -0.368 e. The number of hydrogen-bond donors (Lipinski definition) is 0. The van der Waals surface area contributed by atoms with Crippen molar-refractivity contribution in [2.45, 2.75) is 13.8 Å². The molecule has 144 valence electrons. The average Bonchev–Trinajstić information content (AvgIpc) is 2.94. The van der Waals surface area contributed by atoms with E-state index in [1.54, 1.807) is 6.07 Å². The number of imide groups is 1. The van der Waals surface area contributed by atoms with E-state index in [1.165, 1.54) is 4.90 Å². The zero-order chi connectivity index (χ0) is 19.8. The molecule has 2 aromatic carbocycles.